The normalized spacial score (nSPS) is 19.9. The van der Waals surface area contributed by atoms with E-state index in [4.69, 9.17) is 0 Å². The van der Waals surface area contributed by atoms with Crippen molar-refractivity contribution in [2.45, 2.75) is 41.8 Å². The summed E-state index contributed by atoms with van der Waals surface area (Å²) in [5.41, 5.74) is 0. The summed E-state index contributed by atoms with van der Waals surface area (Å²) in [5.74, 6) is 0.521. The zero-order valence-corrected chi connectivity index (χ0v) is 19.9. The molecule has 0 bridgehead atoms. The van der Waals surface area contributed by atoms with Gasteiger partial charge in [-0.15, -0.1) is 10.2 Å². The minimum atomic E-state index is -3.78. The molecule has 3 heterocycles. The first-order chi connectivity index (χ1) is 15.9. The largest absolute Gasteiger partial charge is 0.341 e. The Balaban J connectivity index is 1.18. The average Bonchev–Trinajstić information content (AvgIpc) is 3.33. The van der Waals surface area contributed by atoms with E-state index < -0.39 is 15.8 Å². The number of hydrogen-bond donors (Lipinski definition) is 0. The second kappa shape index (κ2) is 9.22. The lowest BCUT2D eigenvalue weighted by Crippen LogP contribution is -2.51. The molecule has 0 atom stereocenters. The molecule has 178 valence electrons. The number of amides is 1. The molecule has 0 radical (unpaired) electrons. The second-order valence-electron chi connectivity index (χ2n) is 8.61. The van der Waals surface area contributed by atoms with Crippen LogP contribution in [0.4, 0.5) is 10.3 Å². The van der Waals surface area contributed by atoms with Crippen LogP contribution in [0.1, 0.15) is 31.7 Å². The summed E-state index contributed by atoms with van der Waals surface area (Å²) < 4.78 is 42.5. The van der Waals surface area contributed by atoms with Crippen LogP contribution in [0.2, 0.25) is 0 Å². The number of rotatable bonds is 7. The summed E-state index contributed by atoms with van der Waals surface area (Å²) in [6.45, 7) is 2.98. The molecule has 1 aromatic heterocycles. The van der Waals surface area contributed by atoms with Crippen molar-refractivity contribution in [3.63, 3.8) is 0 Å². The molecule has 33 heavy (non-hydrogen) atoms. The number of thioether (sulfide) groups is 1. The summed E-state index contributed by atoms with van der Waals surface area (Å²) in [4.78, 5) is 16.7. The molecule has 0 spiro atoms. The molecule has 12 heteroatoms. The molecule has 2 aromatic rings. The Morgan fingerprint density at radius 1 is 1.06 bits per heavy atom. The first kappa shape index (κ1) is 22.6. The molecule has 2 aliphatic heterocycles. The van der Waals surface area contributed by atoms with Crippen molar-refractivity contribution in [1.82, 2.24) is 24.0 Å². The predicted octanol–water partition coefficient (Wildman–Crippen LogP) is 1.98. The molecule has 3 fully saturated rings. The van der Waals surface area contributed by atoms with Crippen LogP contribution in [0.3, 0.4) is 0 Å². The number of piperazine rings is 1. The Labute approximate surface area is 197 Å². The number of anilines is 1. The average molecular weight is 495 g/mol. The molecule has 1 aliphatic carbocycles. The van der Waals surface area contributed by atoms with Crippen LogP contribution in [-0.2, 0) is 14.8 Å². The van der Waals surface area contributed by atoms with Gasteiger partial charge in [0.1, 0.15) is 5.82 Å². The molecular weight excluding hydrogens is 467 g/mol. The zero-order valence-electron chi connectivity index (χ0n) is 18.3. The molecule has 1 aromatic carbocycles. The third-order valence-corrected chi connectivity index (χ3v) is 9.12. The highest BCUT2D eigenvalue weighted by Crippen LogP contribution is 2.41. The van der Waals surface area contributed by atoms with Gasteiger partial charge in [0, 0.05) is 45.3 Å². The Kier molecular flexibility index (Phi) is 6.32. The van der Waals surface area contributed by atoms with E-state index in [2.05, 4.69) is 19.7 Å². The van der Waals surface area contributed by atoms with Gasteiger partial charge in [0.2, 0.25) is 21.9 Å². The molecule has 0 unspecified atom stereocenters. The maximum absolute atomic E-state index is 13.5. The number of aromatic nitrogens is 3. The van der Waals surface area contributed by atoms with E-state index in [1.54, 1.807) is 4.90 Å². The van der Waals surface area contributed by atoms with Gasteiger partial charge >= 0.3 is 0 Å². The van der Waals surface area contributed by atoms with E-state index in [1.807, 2.05) is 0 Å². The summed E-state index contributed by atoms with van der Waals surface area (Å²) >= 11 is 1.40. The van der Waals surface area contributed by atoms with Crippen LogP contribution >= 0.6 is 11.8 Å². The first-order valence-corrected chi connectivity index (χ1v) is 13.7. The van der Waals surface area contributed by atoms with E-state index in [1.165, 1.54) is 47.1 Å². The van der Waals surface area contributed by atoms with Crippen LogP contribution in [0.15, 0.2) is 34.3 Å². The van der Waals surface area contributed by atoms with Crippen LogP contribution in [0, 0.1) is 5.82 Å². The van der Waals surface area contributed by atoms with E-state index in [-0.39, 0.29) is 29.6 Å². The van der Waals surface area contributed by atoms with Gasteiger partial charge in [0.15, 0.2) is 5.16 Å². The summed E-state index contributed by atoms with van der Waals surface area (Å²) in [6, 6.07) is 5.43. The number of carbonyl (C=O) groups excluding carboxylic acids is 1. The Morgan fingerprint density at radius 3 is 2.45 bits per heavy atom. The van der Waals surface area contributed by atoms with Gasteiger partial charge in [-0.1, -0.05) is 17.8 Å². The maximum Gasteiger partial charge on any atom is 0.243 e. The molecule has 0 N–H and O–H groups in total. The minimum absolute atomic E-state index is 0.0455. The number of nitrogens with zero attached hydrogens (tertiary/aromatic N) is 6. The monoisotopic (exact) mass is 494 g/mol. The van der Waals surface area contributed by atoms with Gasteiger partial charge in [-0.3, -0.25) is 9.36 Å². The molecule has 5 rings (SSSR count). The van der Waals surface area contributed by atoms with Crippen molar-refractivity contribution in [3.05, 3.63) is 30.1 Å². The number of carbonyl (C=O) groups is 1. The summed E-state index contributed by atoms with van der Waals surface area (Å²) in [7, 11) is -3.78. The van der Waals surface area contributed by atoms with Crippen LogP contribution < -0.4 is 4.90 Å². The standard InChI is InChI=1S/C21H27FN6O3S2/c22-16-4-3-5-18(14-16)33(30,31)27-12-10-25(11-13-27)19(29)15-32-21-24-23-20(26-8-1-2-9-26)28(21)17-6-7-17/h3-5,14,17H,1-2,6-13,15H2. The number of benzene rings is 1. The fourth-order valence-electron chi connectivity index (χ4n) is 4.32. The molecule has 1 saturated carbocycles. The zero-order chi connectivity index (χ0) is 23.0. The lowest BCUT2D eigenvalue weighted by atomic mass is 10.3. The van der Waals surface area contributed by atoms with Gasteiger partial charge in [-0.2, -0.15) is 4.31 Å². The van der Waals surface area contributed by atoms with Gasteiger partial charge < -0.3 is 9.80 Å². The number of hydrogen-bond acceptors (Lipinski definition) is 7. The quantitative estimate of drug-likeness (QED) is 0.544. The van der Waals surface area contributed by atoms with Crippen molar-refractivity contribution in [3.8, 4) is 0 Å². The van der Waals surface area contributed by atoms with Crippen molar-refractivity contribution in [2.75, 3.05) is 49.9 Å². The van der Waals surface area contributed by atoms with E-state index in [9.17, 15) is 17.6 Å². The van der Waals surface area contributed by atoms with E-state index >= 15 is 0 Å². The third-order valence-electron chi connectivity index (χ3n) is 6.30. The highest BCUT2D eigenvalue weighted by molar-refractivity contribution is 7.99. The van der Waals surface area contributed by atoms with Crippen molar-refractivity contribution >= 4 is 33.6 Å². The molecular formula is C21H27FN6O3S2. The van der Waals surface area contributed by atoms with Gasteiger partial charge in [-0.05, 0) is 43.9 Å². The van der Waals surface area contributed by atoms with Crippen LogP contribution in [0.5, 0.6) is 0 Å². The number of sulfonamides is 1. The lowest BCUT2D eigenvalue weighted by molar-refractivity contribution is -0.129. The van der Waals surface area contributed by atoms with Crippen molar-refractivity contribution in [1.29, 1.82) is 0 Å². The van der Waals surface area contributed by atoms with Gasteiger partial charge in [-0.25, -0.2) is 12.8 Å². The maximum atomic E-state index is 13.5. The molecule has 3 aliphatic rings. The van der Waals surface area contributed by atoms with Crippen molar-refractivity contribution < 1.29 is 17.6 Å². The Bertz CT molecular complexity index is 1120. The van der Waals surface area contributed by atoms with Crippen molar-refractivity contribution in [2.24, 2.45) is 0 Å². The fraction of sp³-hybridized carbons (Fsp3) is 0.571. The minimum Gasteiger partial charge on any atom is -0.341 e. The van der Waals surface area contributed by atoms with Crippen LogP contribution in [-0.4, -0.2) is 83.3 Å². The predicted molar refractivity (Wildman–Crippen MR) is 122 cm³/mol. The summed E-state index contributed by atoms with van der Waals surface area (Å²) in [5, 5.41) is 9.56. The topological polar surface area (TPSA) is 91.6 Å². The molecule has 2 saturated heterocycles. The second-order valence-corrected chi connectivity index (χ2v) is 11.5. The first-order valence-electron chi connectivity index (χ1n) is 11.3. The SMILES string of the molecule is O=C(CSc1nnc(N2CCCC2)n1C1CC1)N1CCN(S(=O)(=O)c2cccc(F)c2)CC1. The highest BCUT2D eigenvalue weighted by Gasteiger charge is 2.34. The smallest absolute Gasteiger partial charge is 0.243 e. The van der Waals surface area contributed by atoms with E-state index in [0.29, 0.717) is 19.1 Å². The molecule has 1 amide bonds. The van der Waals surface area contributed by atoms with E-state index in [0.717, 1.165) is 43.1 Å². The highest BCUT2D eigenvalue weighted by atomic mass is 32.2. The fourth-order valence-corrected chi connectivity index (χ4v) is 6.68. The van der Waals surface area contributed by atoms with Gasteiger partial charge in [0.25, 0.3) is 0 Å². The molecule has 9 nitrogen and oxygen atoms in total. The summed E-state index contributed by atoms with van der Waals surface area (Å²) in [6.07, 6.45) is 4.56. The van der Waals surface area contributed by atoms with Gasteiger partial charge in [0.05, 0.1) is 10.6 Å². The number of halogens is 1. The Morgan fingerprint density at radius 2 is 1.79 bits per heavy atom. The third kappa shape index (κ3) is 4.73. The lowest BCUT2D eigenvalue weighted by Gasteiger charge is -2.34. The Hall–Kier alpha value is -2.18. The van der Waals surface area contributed by atoms with Crippen LogP contribution in [0.25, 0.3) is 0 Å².